The number of benzene rings is 2. The average Bonchev–Trinajstić information content (AvgIpc) is 2.86. The van der Waals surface area contributed by atoms with Crippen LogP contribution < -0.4 is 5.73 Å². The third-order valence-corrected chi connectivity index (χ3v) is 3.60. The summed E-state index contributed by atoms with van der Waals surface area (Å²) in [6.07, 6.45) is 6.14. The van der Waals surface area contributed by atoms with E-state index in [1.54, 1.807) is 0 Å². The van der Waals surface area contributed by atoms with Crippen LogP contribution >= 0.6 is 0 Å². The van der Waals surface area contributed by atoms with Crippen molar-refractivity contribution in [3.63, 3.8) is 0 Å². The van der Waals surface area contributed by atoms with Gasteiger partial charge in [0, 0.05) is 16.3 Å². The molecule has 0 aliphatic rings. The van der Waals surface area contributed by atoms with Gasteiger partial charge in [0.25, 0.3) is 0 Å². The molecule has 2 aromatic carbocycles. The van der Waals surface area contributed by atoms with E-state index in [2.05, 4.69) is 31.2 Å². The Bertz CT molecular complexity index is 837. The Kier molecular flexibility index (Phi) is 3.07. The van der Waals surface area contributed by atoms with Gasteiger partial charge >= 0.3 is 0 Å². The van der Waals surface area contributed by atoms with Gasteiger partial charge in [0.2, 0.25) is 0 Å². The molecule has 3 aromatic rings. The molecule has 0 amide bonds. The van der Waals surface area contributed by atoms with Crippen LogP contribution in [0.25, 0.3) is 28.0 Å². The zero-order valence-electron chi connectivity index (χ0n) is 11.7. The van der Waals surface area contributed by atoms with Gasteiger partial charge in [0.05, 0.1) is 5.69 Å². The number of rotatable bonds is 2. The van der Waals surface area contributed by atoms with Crippen LogP contribution in [0.2, 0.25) is 0 Å². The Morgan fingerprint density at radius 3 is 2.70 bits per heavy atom. The first-order chi connectivity index (χ1) is 9.70. The molecule has 2 N–H and O–H groups in total. The molecule has 100 valence electrons. The monoisotopic (exact) mass is 263 g/mol. The molecule has 0 saturated heterocycles. The smallest absolute Gasteiger partial charge is 0.158 e. The average molecular weight is 263 g/mol. The highest BCUT2D eigenvalue weighted by atomic mass is 16.3. The molecule has 0 radical (unpaired) electrons. The molecule has 0 aliphatic heterocycles. The first-order valence-corrected chi connectivity index (χ1v) is 6.71. The first-order valence-electron chi connectivity index (χ1n) is 6.71. The van der Waals surface area contributed by atoms with Crippen molar-refractivity contribution in [3.8, 4) is 0 Å². The summed E-state index contributed by atoms with van der Waals surface area (Å²) in [5.41, 5.74) is 10.8. The van der Waals surface area contributed by atoms with Gasteiger partial charge in [0.1, 0.15) is 5.58 Å². The number of hydrogen-bond acceptors (Lipinski definition) is 2. The quantitative estimate of drug-likeness (QED) is 0.513. The topological polar surface area (TPSA) is 39.2 Å². The Hall–Kier alpha value is -2.48. The van der Waals surface area contributed by atoms with Gasteiger partial charge in [-0.15, -0.1) is 0 Å². The normalized spacial score (nSPS) is 12.8. The molecule has 0 fully saturated rings. The number of anilines is 1. The van der Waals surface area contributed by atoms with Gasteiger partial charge in [-0.3, -0.25) is 0 Å². The number of para-hydroxylation sites is 1. The predicted octanol–water partition coefficient (Wildman–Crippen LogP) is 5.15. The standard InChI is InChI=1S/C18H17NO/c1-3-12(2)8-9-13-10-11-15-14-6-4-5-7-16(14)20-18(15)17(13)19/h3-11H,19H2,1-2H3/b9-8+,12-3-. The van der Waals surface area contributed by atoms with Gasteiger partial charge in [-0.2, -0.15) is 0 Å². The maximum absolute atomic E-state index is 6.25. The van der Waals surface area contributed by atoms with Gasteiger partial charge in [0.15, 0.2) is 5.58 Å². The Morgan fingerprint density at radius 1 is 1.10 bits per heavy atom. The minimum absolute atomic E-state index is 0.693. The highest BCUT2D eigenvalue weighted by molar-refractivity contribution is 6.09. The summed E-state index contributed by atoms with van der Waals surface area (Å²) in [6, 6.07) is 12.1. The maximum atomic E-state index is 6.25. The van der Waals surface area contributed by atoms with Crippen molar-refractivity contribution >= 4 is 33.7 Å². The van der Waals surface area contributed by atoms with Crippen LogP contribution in [0.15, 0.2) is 58.5 Å². The lowest BCUT2D eigenvalue weighted by Gasteiger charge is -2.01. The van der Waals surface area contributed by atoms with Gasteiger partial charge in [-0.1, -0.05) is 48.1 Å². The molecule has 2 nitrogen and oxygen atoms in total. The van der Waals surface area contributed by atoms with Crippen LogP contribution in [-0.4, -0.2) is 0 Å². The number of hydrogen-bond donors (Lipinski definition) is 1. The molecule has 1 aromatic heterocycles. The Morgan fingerprint density at radius 2 is 1.90 bits per heavy atom. The van der Waals surface area contributed by atoms with E-state index in [4.69, 9.17) is 10.2 Å². The van der Waals surface area contributed by atoms with E-state index < -0.39 is 0 Å². The van der Waals surface area contributed by atoms with E-state index in [1.807, 2.05) is 37.3 Å². The summed E-state index contributed by atoms with van der Waals surface area (Å²) in [4.78, 5) is 0. The van der Waals surface area contributed by atoms with E-state index in [0.29, 0.717) is 5.69 Å². The molecule has 3 rings (SSSR count). The van der Waals surface area contributed by atoms with Crippen LogP contribution in [0.1, 0.15) is 19.4 Å². The molecular weight excluding hydrogens is 246 g/mol. The van der Waals surface area contributed by atoms with Gasteiger partial charge < -0.3 is 10.2 Å². The zero-order valence-corrected chi connectivity index (χ0v) is 11.7. The summed E-state index contributed by atoms with van der Waals surface area (Å²) in [5, 5.41) is 2.17. The van der Waals surface area contributed by atoms with Crippen LogP contribution in [0.5, 0.6) is 0 Å². The lowest BCUT2D eigenvalue weighted by atomic mass is 10.1. The zero-order chi connectivity index (χ0) is 14.1. The van der Waals surface area contributed by atoms with Crippen molar-refractivity contribution in [1.82, 2.24) is 0 Å². The van der Waals surface area contributed by atoms with Crippen LogP contribution in [-0.2, 0) is 0 Å². The molecule has 20 heavy (non-hydrogen) atoms. The van der Waals surface area contributed by atoms with E-state index in [9.17, 15) is 0 Å². The molecule has 0 spiro atoms. The minimum atomic E-state index is 0.693. The van der Waals surface area contributed by atoms with Crippen molar-refractivity contribution < 1.29 is 4.42 Å². The molecule has 0 unspecified atom stereocenters. The second-order valence-corrected chi connectivity index (χ2v) is 4.91. The summed E-state index contributed by atoms with van der Waals surface area (Å²) in [5.74, 6) is 0. The van der Waals surface area contributed by atoms with Crippen LogP contribution in [0, 0.1) is 0 Å². The van der Waals surface area contributed by atoms with Crippen LogP contribution in [0.4, 0.5) is 5.69 Å². The molecule has 0 saturated carbocycles. The van der Waals surface area contributed by atoms with Crippen molar-refractivity contribution in [2.24, 2.45) is 0 Å². The van der Waals surface area contributed by atoms with Gasteiger partial charge in [-0.25, -0.2) is 0 Å². The summed E-state index contributed by atoms with van der Waals surface area (Å²) < 4.78 is 5.88. The fourth-order valence-corrected chi connectivity index (χ4v) is 2.29. The van der Waals surface area contributed by atoms with E-state index >= 15 is 0 Å². The fourth-order valence-electron chi connectivity index (χ4n) is 2.29. The van der Waals surface area contributed by atoms with E-state index in [0.717, 1.165) is 27.5 Å². The highest BCUT2D eigenvalue weighted by Crippen LogP contribution is 2.34. The van der Waals surface area contributed by atoms with Crippen molar-refractivity contribution in [1.29, 1.82) is 0 Å². The predicted molar refractivity (Wildman–Crippen MR) is 86.6 cm³/mol. The maximum Gasteiger partial charge on any atom is 0.158 e. The van der Waals surface area contributed by atoms with Gasteiger partial charge in [-0.05, 0) is 26.0 Å². The first kappa shape index (κ1) is 12.5. The van der Waals surface area contributed by atoms with Crippen LogP contribution in [0.3, 0.4) is 0 Å². The number of allylic oxidation sites excluding steroid dienone is 3. The number of fused-ring (bicyclic) bond motifs is 3. The largest absolute Gasteiger partial charge is 0.454 e. The molecule has 2 heteroatoms. The van der Waals surface area contributed by atoms with Crippen molar-refractivity contribution in [3.05, 3.63) is 59.7 Å². The summed E-state index contributed by atoms with van der Waals surface area (Å²) in [7, 11) is 0. The molecule has 0 atom stereocenters. The van der Waals surface area contributed by atoms with E-state index in [1.165, 1.54) is 5.57 Å². The lowest BCUT2D eigenvalue weighted by molar-refractivity contribution is 0.670. The number of furan rings is 1. The number of nitrogen functional groups attached to an aromatic ring is 1. The third-order valence-electron chi connectivity index (χ3n) is 3.60. The Balaban J connectivity index is 2.20. The highest BCUT2D eigenvalue weighted by Gasteiger charge is 2.10. The number of nitrogens with two attached hydrogens (primary N) is 1. The fraction of sp³-hybridized carbons (Fsp3) is 0.111. The van der Waals surface area contributed by atoms with Crippen molar-refractivity contribution in [2.75, 3.05) is 5.73 Å². The summed E-state index contributed by atoms with van der Waals surface area (Å²) >= 11 is 0. The second kappa shape index (κ2) is 4.89. The molecule has 0 aliphatic carbocycles. The SMILES string of the molecule is C/C=C(C)\C=C\c1ccc2c(oc3ccccc32)c1N. The minimum Gasteiger partial charge on any atom is -0.454 e. The third kappa shape index (κ3) is 1.99. The Labute approximate surface area is 118 Å². The van der Waals surface area contributed by atoms with E-state index in [-0.39, 0.29) is 0 Å². The molecule has 1 heterocycles. The lowest BCUT2D eigenvalue weighted by Crippen LogP contribution is -1.89. The van der Waals surface area contributed by atoms with Crippen molar-refractivity contribution in [2.45, 2.75) is 13.8 Å². The summed E-state index contributed by atoms with van der Waals surface area (Å²) in [6.45, 7) is 4.08. The second-order valence-electron chi connectivity index (χ2n) is 4.91. The molecular formula is C18H17NO. The molecule has 0 bridgehead atoms.